The average Bonchev–Trinajstić information content (AvgIpc) is 1.95. The molecule has 0 fully saturated rings. The summed E-state index contributed by atoms with van der Waals surface area (Å²) in [5.41, 5.74) is 0. The molecule has 1 unspecified atom stereocenters. The van der Waals surface area contributed by atoms with Crippen molar-refractivity contribution >= 4 is 0 Å². The molecule has 0 amide bonds. The number of halogens is 3. The molecule has 0 aliphatic carbocycles. The molecule has 0 bridgehead atoms. The topological polar surface area (TPSA) is 32.3 Å². The third-order valence-corrected chi connectivity index (χ3v) is 1.59. The first-order valence-corrected chi connectivity index (χ1v) is 4.29. The molecule has 1 atom stereocenters. The zero-order chi connectivity index (χ0) is 10.5. The average molecular weight is 199 g/mol. The molecule has 5 heteroatoms. The Balaban J connectivity index is 3.95. The quantitative estimate of drug-likeness (QED) is 0.704. The highest BCUT2D eigenvalue weighted by Crippen LogP contribution is 2.22. The highest BCUT2D eigenvalue weighted by Gasteiger charge is 2.38. The van der Waals surface area contributed by atoms with Crippen LogP contribution >= 0.6 is 0 Å². The van der Waals surface area contributed by atoms with Crippen LogP contribution in [0.5, 0.6) is 0 Å². The molecular weight excluding hydrogens is 183 g/mol. The van der Waals surface area contributed by atoms with Crippen LogP contribution in [0.2, 0.25) is 0 Å². The van der Waals surface area contributed by atoms with Gasteiger partial charge in [0.25, 0.3) is 0 Å². The van der Waals surface area contributed by atoms with E-state index in [1.54, 1.807) is 0 Å². The largest absolute Gasteiger partial charge is 0.403 e. The van der Waals surface area contributed by atoms with Gasteiger partial charge in [-0.25, -0.2) is 0 Å². The van der Waals surface area contributed by atoms with Crippen molar-refractivity contribution in [3.8, 4) is 0 Å². The molecule has 0 aliphatic heterocycles. The standard InChI is InChI=1S/C8H16F3NO/c1-6(2)5-12-7(3-4-13)8(9,10)11/h6-7,12-13H,3-5H2,1-2H3. The lowest BCUT2D eigenvalue weighted by molar-refractivity contribution is -0.159. The minimum absolute atomic E-state index is 0.170. The summed E-state index contributed by atoms with van der Waals surface area (Å²) in [6.45, 7) is 3.53. The first-order chi connectivity index (χ1) is 5.88. The second-order valence-corrected chi connectivity index (χ2v) is 3.41. The molecular formula is C8H16F3NO. The molecule has 0 radical (unpaired) electrons. The maximum absolute atomic E-state index is 12.2. The summed E-state index contributed by atoms with van der Waals surface area (Å²) in [4.78, 5) is 0. The summed E-state index contributed by atoms with van der Waals surface area (Å²) in [5.74, 6) is 0.170. The Kier molecular flexibility index (Phi) is 5.32. The maximum atomic E-state index is 12.2. The molecule has 0 saturated heterocycles. The number of rotatable bonds is 5. The summed E-state index contributed by atoms with van der Waals surface area (Å²) in [6, 6.07) is -1.58. The van der Waals surface area contributed by atoms with E-state index in [2.05, 4.69) is 5.32 Å². The third kappa shape index (κ3) is 5.87. The van der Waals surface area contributed by atoms with Gasteiger partial charge in [0, 0.05) is 6.61 Å². The van der Waals surface area contributed by atoms with Gasteiger partial charge in [0.05, 0.1) is 0 Å². The second-order valence-electron chi connectivity index (χ2n) is 3.41. The monoisotopic (exact) mass is 199 g/mol. The van der Waals surface area contributed by atoms with Crippen LogP contribution in [-0.2, 0) is 0 Å². The molecule has 13 heavy (non-hydrogen) atoms. The summed E-state index contributed by atoms with van der Waals surface area (Å²) in [6.07, 6.45) is -4.55. The molecule has 0 heterocycles. The molecule has 0 saturated carbocycles. The van der Waals surface area contributed by atoms with Crippen molar-refractivity contribution in [2.45, 2.75) is 32.5 Å². The fourth-order valence-electron chi connectivity index (χ4n) is 0.889. The van der Waals surface area contributed by atoms with Crippen molar-refractivity contribution in [3.63, 3.8) is 0 Å². The zero-order valence-corrected chi connectivity index (χ0v) is 7.86. The van der Waals surface area contributed by atoms with Crippen molar-refractivity contribution in [2.75, 3.05) is 13.2 Å². The minimum Gasteiger partial charge on any atom is -0.396 e. The van der Waals surface area contributed by atoms with Gasteiger partial charge >= 0.3 is 6.18 Å². The number of nitrogens with one attached hydrogen (secondary N) is 1. The van der Waals surface area contributed by atoms with E-state index in [1.807, 2.05) is 13.8 Å². The smallest absolute Gasteiger partial charge is 0.396 e. The van der Waals surface area contributed by atoms with Crippen LogP contribution in [0.3, 0.4) is 0 Å². The van der Waals surface area contributed by atoms with Crippen LogP contribution in [-0.4, -0.2) is 30.5 Å². The molecule has 0 aromatic rings. The predicted molar refractivity (Wildman–Crippen MR) is 44.4 cm³/mol. The fraction of sp³-hybridized carbons (Fsp3) is 1.00. The Morgan fingerprint density at radius 1 is 1.31 bits per heavy atom. The number of alkyl halides is 3. The molecule has 0 aromatic heterocycles. The molecule has 0 aromatic carbocycles. The normalized spacial score (nSPS) is 15.0. The van der Waals surface area contributed by atoms with E-state index in [-0.39, 0.29) is 12.3 Å². The van der Waals surface area contributed by atoms with E-state index in [0.29, 0.717) is 6.54 Å². The van der Waals surface area contributed by atoms with Gasteiger partial charge in [-0.1, -0.05) is 13.8 Å². The van der Waals surface area contributed by atoms with Crippen molar-refractivity contribution in [3.05, 3.63) is 0 Å². The van der Waals surface area contributed by atoms with Gasteiger partial charge in [-0.3, -0.25) is 0 Å². The molecule has 2 nitrogen and oxygen atoms in total. The van der Waals surface area contributed by atoms with Crippen LogP contribution in [0.1, 0.15) is 20.3 Å². The lowest BCUT2D eigenvalue weighted by atomic mass is 10.1. The number of aliphatic hydroxyl groups is 1. The molecule has 0 aliphatic rings. The van der Waals surface area contributed by atoms with Gasteiger partial charge in [-0.2, -0.15) is 13.2 Å². The van der Waals surface area contributed by atoms with Gasteiger partial charge in [0.2, 0.25) is 0 Å². The van der Waals surface area contributed by atoms with E-state index in [1.165, 1.54) is 0 Å². The summed E-state index contributed by atoms with van der Waals surface area (Å²) in [7, 11) is 0. The van der Waals surface area contributed by atoms with Crippen LogP contribution in [0.25, 0.3) is 0 Å². The lowest BCUT2D eigenvalue weighted by Crippen LogP contribution is -2.44. The Morgan fingerprint density at radius 3 is 2.15 bits per heavy atom. The van der Waals surface area contributed by atoms with E-state index in [4.69, 9.17) is 5.11 Å². The summed E-state index contributed by atoms with van der Waals surface area (Å²) in [5, 5.41) is 10.8. The third-order valence-electron chi connectivity index (χ3n) is 1.59. The fourth-order valence-corrected chi connectivity index (χ4v) is 0.889. The number of hydrogen-bond donors (Lipinski definition) is 2. The second kappa shape index (κ2) is 5.44. The van der Waals surface area contributed by atoms with Crippen molar-refractivity contribution < 1.29 is 18.3 Å². The Morgan fingerprint density at radius 2 is 1.85 bits per heavy atom. The summed E-state index contributed by atoms with van der Waals surface area (Å²) >= 11 is 0. The van der Waals surface area contributed by atoms with Crippen LogP contribution in [0, 0.1) is 5.92 Å². The predicted octanol–water partition coefficient (Wildman–Crippen LogP) is 1.55. The first kappa shape index (κ1) is 12.7. The van der Waals surface area contributed by atoms with Gasteiger partial charge in [0.15, 0.2) is 0 Å². The van der Waals surface area contributed by atoms with Crippen LogP contribution in [0.4, 0.5) is 13.2 Å². The van der Waals surface area contributed by atoms with Crippen molar-refractivity contribution in [1.29, 1.82) is 0 Å². The molecule has 0 rings (SSSR count). The lowest BCUT2D eigenvalue weighted by Gasteiger charge is -2.21. The van der Waals surface area contributed by atoms with Gasteiger partial charge in [-0.05, 0) is 18.9 Å². The number of aliphatic hydroxyl groups excluding tert-OH is 1. The Labute approximate surface area is 76.1 Å². The zero-order valence-electron chi connectivity index (χ0n) is 7.86. The van der Waals surface area contributed by atoms with E-state index in [9.17, 15) is 13.2 Å². The number of hydrogen-bond acceptors (Lipinski definition) is 2. The molecule has 2 N–H and O–H groups in total. The van der Waals surface area contributed by atoms with Gasteiger partial charge in [0.1, 0.15) is 6.04 Å². The van der Waals surface area contributed by atoms with E-state index >= 15 is 0 Å². The maximum Gasteiger partial charge on any atom is 0.403 e. The van der Waals surface area contributed by atoms with Crippen molar-refractivity contribution in [2.24, 2.45) is 5.92 Å². The van der Waals surface area contributed by atoms with Crippen LogP contribution < -0.4 is 5.32 Å². The Hall–Kier alpha value is -0.290. The summed E-state index contributed by atoms with van der Waals surface area (Å²) < 4.78 is 36.6. The first-order valence-electron chi connectivity index (χ1n) is 4.29. The van der Waals surface area contributed by atoms with E-state index in [0.717, 1.165) is 0 Å². The van der Waals surface area contributed by atoms with Crippen LogP contribution in [0.15, 0.2) is 0 Å². The van der Waals surface area contributed by atoms with E-state index < -0.39 is 18.8 Å². The molecule has 80 valence electrons. The SMILES string of the molecule is CC(C)CNC(CCO)C(F)(F)F. The highest BCUT2D eigenvalue weighted by atomic mass is 19.4. The Bertz CT molecular complexity index is 136. The molecule has 0 spiro atoms. The van der Waals surface area contributed by atoms with Gasteiger partial charge in [-0.15, -0.1) is 0 Å². The van der Waals surface area contributed by atoms with Crippen molar-refractivity contribution in [1.82, 2.24) is 5.32 Å². The highest BCUT2D eigenvalue weighted by molar-refractivity contribution is 4.75. The minimum atomic E-state index is -4.27. The van der Waals surface area contributed by atoms with Gasteiger partial charge < -0.3 is 10.4 Å².